The third-order valence-corrected chi connectivity index (χ3v) is 2.19. The van der Waals surface area contributed by atoms with Crippen LogP contribution in [0.3, 0.4) is 0 Å². The van der Waals surface area contributed by atoms with E-state index in [2.05, 4.69) is 11.9 Å². The summed E-state index contributed by atoms with van der Waals surface area (Å²) < 4.78 is 5.37. The highest BCUT2D eigenvalue weighted by Crippen LogP contribution is 2.08. The normalized spacial score (nSPS) is 10.1. The van der Waals surface area contributed by atoms with Crippen molar-refractivity contribution in [2.45, 2.75) is 32.6 Å². The Morgan fingerprint density at radius 2 is 2.19 bits per heavy atom. The van der Waals surface area contributed by atoms with Crippen LogP contribution in [0.5, 0.6) is 5.88 Å². The van der Waals surface area contributed by atoms with E-state index < -0.39 is 5.97 Å². The van der Waals surface area contributed by atoms with Gasteiger partial charge in [0.1, 0.15) is 0 Å². The molecule has 0 saturated heterocycles. The van der Waals surface area contributed by atoms with Crippen LogP contribution in [0.2, 0.25) is 0 Å². The Hall–Kier alpha value is -1.58. The maximum Gasteiger partial charge on any atom is 0.354 e. The minimum atomic E-state index is -1.03. The number of carboxylic acid groups (broad SMARTS) is 1. The van der Waals surface area contributed by atoms with E-state index in [-0.39, 0.29) is 5.69 Å². The predicted molar refractivity (Wildman–Crippen MR) is 60.8 cm³/mol. The summed E-state index contributed by atoms with van der Waals surface area (Å²) in [5, 5.41) is 8.73. The molecule has 0 atom stereocenters. The Morgan fingerprint density at radius 3 is 2.88 bits per heavy atom. The summed E-state index contributed by atoms with van der Waals surface area (Å²) in [7, 11) is 0. The average Bonchev–Trinajstić information content (AvgIpc) is 2.29. The number of hydrogen-bond donors (Lipinski definition) is 1. The monoisotopic (exact) mass is 223 g/mol. The van der Waals surface area contributed by atoms with Crippen LogP contribution in [-0.4, -0.2) is 22.7 Å². The molecule has 0 unspecified atom stereocenters. The Balaban J connectivity index is 2.36. The van der Waals surface area contributed by atoms with Crippen LogP contribution in [-0.2, 0) is 0 Å². The molecule has 0 fully saturated rings. The molecule has 0 saturated carbocycles. The van der Waals surface area contributed by atoms with Gasteiger partial charge >= 0.3 is 5.97 Å². The summed E-state index contributed by atoms with van der Waals surface area (Å²) in [6.45, 7) is 2.74. The molecule has 1 heterocycles. The molecule has 0 aliphatic rings. The van der Waals surface area contributed by atoms with Crippen molar-refractivity contribution in [1.82, 2.24) is 4.98 Å². The second kappa shape index (κ2) is 6.82. The van der Waals surface area contributed by atoms with Crippen molar-refractivity contribution in [3.05, 3.63) is 23.9 Å². The minimum Gasteiger partial charge on any atom is -0.478 e. The van der Waals surface area contributed by atoms with Gasteiger partial charge in [-0.05, 0) is 12.5 Å². The van der Waals surface area contributed by atoms with E-state index >= 15 is 0 Å². The van der Waals surface area contributed by atoms with Crippen molar-refractivity contribution >= 4 is 5.97 Å². The first-order chi connectivity index (χ1) is 7.74. The molecule has 1 aromatic heterocycles. The van der Waals surface area contributed by atoms with Crippen LogP contribution in [0.1, 0.15) is 43.1 Å². The van der Waals surface area contributed by atoms with Gasteiger partial charge in [0.25, 0.3) is 0 Å². The van der Waals surface area contributed by atoms with Crippen LogP contribution in [0.15, 0.2) is 18.2 Å². The van der Waals surface area contributed by atoms with Gasteiger partial charge in [0.05, 0.1) is 6.61 Å². The number of unbranched alkanes of at least 4 members (excludes halogenated alkanes) is 3. The second-order valence-electron chi connectivity index (χ2n) is 3.58. The number of carboxylic acids is 1. The van der Waals surface area contributed by atoms with E-state index in [0.29, 0.717) is 12.5 Å². The van der Waals surface area contributed by atoms with E-state index in [4.69, 9.17) is 9.84 Å². The van der Waals surface area contributed by atoms with Gasteiger partial charge in [0.15, 0.2) is 5.69 Å². The van der Waals surface area contributed by atoms with Gasteiger partial charge in [-0.3, -0.25) is 0 Å². The molecule has 1 N–H and O–H groups in total. The number of pyridine rings is 1. The first kappa shape index (κ1) is 12.5. The topological polar surface area (TPSA) is 59.4 Å². The number of aromatic carboxylic acids is 1. The van der Waals surface area contributed by atoms with Gasteiger partial charge in [-0.25, -0.2) is 9.78 Å². The van der Waals surface area contributed by atoms with Crippen LogP contribution in [0.4, 0.5) is 0 Å². The fraction of sp³-hybridized carbons (Fsp3) is 0.500. The molecule has 0 aliphatic carbocycles. The van der Waals surface area contributed by atoms with Crippen molar-refractivity contribution in [1.29, 1.82) is 0 Å². The third-order valence-electron chi connectivity index (χ3n) is 2.19. The molecular formula is C12H17NO3. The standard InChI is InChI=1S/C12H17NO3/c1-2-3-4-5-9-16-11-8-6-7-10(13-11)12(14)15/h6-8H,2-5,9H2,1H3,(H,14,15). The maximum absolute atomic E-state index is 10.7. The largest absolute Gasteiger partial charge is 0.478 e. The molecule has 4 nitrogen and oxygen atoms in total. The first-order valence-electron chi connectivity index (χ1n) is 5.57. The molecule has 88 valence electrons. The lowest BCUT2D eigenvalue weighted by atomic mass is 10.2. The molecule has 0 aliphatic heterocycles. The van der Waals surface area contributed by atoms with Gasteiger partial charge in [-0.1, -0.05) is 32.3 Å². The van der Waals surface area contributed by atoms with E-state index in [9.17, 15) is 4.79 Å². The predicted octanol–water partition coefficient (Wildman–Crippen LogP) is 2.74. The van der Waals surface area contributed by atoms with Crippen LogP contribution in [0, 0.1) is 0 Å². The first-order valence-corrected chi connectivity index (χ1v) is 5.57. The van der Waals surface area contributed by atoms with Crippen molar-refractivity contribution in [2.75, 3.05) is 6.61 Å². The van der Waals surface area contributed by atoms with Gasteiger partial charge in [-0.15, -0.1) is 0 Å². The van der Waals surface area contributed by atoms with Crippen LogP contribution in [0.25, 0.3) is 0 Å². The van der Waals surface area contributed by atoms with Crippen molar-refractivity contribution in [2.24, 2.45) is 0 Å². The molecule has 0 radical (unpaired) electrons. The van der Waals surface area contributed by atoms with Gasteiger partial charge < -0.3 is 9.84 Å². The van der Waals surface area contributed by atoms with Crippen molar-refractivity contribution in [3.63, 3.8) is 0 Å². The lowest BCUT2D eigenvalue weighted by molar-refractivity contribution is 0.0689. The lowest BCUT2D eigenvalue weighted by Gasteiger charge is -2.05. The minimum absolute atomic E-state index is 0.0195. The fourth-order valence-electron chi connectivity index (χ4n) is 1.32. The summed E-state index contributed by atoms with van der Waals surface area (Å²) in [6.07, 6.45) is 4.50. The number of rotatable bonds is 7. The molecular weight excluding hydrogens is 206 g/mol. The zero-order valence-electron chi connectivity index (χ0n) is 9.48. The maximum atomic E-state index is 10.7. The summed E-state index contributed by atoms with van der Waals surface area (Å²) in [5.74, 6) is -0.646. The van der Waals surface area contributed by atoms with E-state index in [1.54, 1.807) is 12.1 Å². The van der Waals surface area contributed by atoms with Crippen molar-refractivity contribution in [3.8, 4) is 5.88 Å². The molecule has 0 bridgehead atoms. The van der Waals surface area contributed by atoms with Crippen molar-refractivity contribution < 1.29 is 14.6 Å². The van der Waals surface area contributed by atoms with Gasteiger partial charge in [0, 0.05) is 6.07 Å². The highest BCUT2D eigenvalue weighted by atomic mass is 16.5. The molecule has 1 aromatic rings. The van der Waals surface area contributed by atoms with Gasteiger partial charge in [0.2, 0.25) is 5.88 Å². The van der Waals surface area contributed by atoms with Crippen LogP contribution >= 0.6 is 0 Å². The lowest BCUT2D eigenvalue weighted by Crippen LogP contribution is -2.04. The summed E-state index contributed by atoms with van der Waals surface area (Å²) in [5.41, 5.74) is 0.0195. The van der Waals surface area contributed by atoms with Gasteiger partial charge in [-0.2, -0.15) is 0 Å². The van der Waals surface area contributed by atoms with Crippen LogP contribution < -0.4 is 4.74 Å². The average molecular weight is 223 g/mol. The Kier molecular flexibility index (Phi) is 5.32. The molecule has 1 rings (SSSR count). The summed E-state index contributed by atoms with van der Waals surface area (Å²) in [6, 6.07) is 4.76. The van der Waals surface area contributed by atoms with E-state index in [1.807, 2.05) is 0 Å². The SMILES string of the molecule is CCCCCCOc1cccc(C(=O)O)n1. The highest BCUT2D eigenvalue weighted by molar-refractivity contribution is 5.85. The number of carbonyl (C=O) groups is 1. The number of hydrogen-bond acceptors (Lipinski definition) is 3. The second-order valence-corrected chi connectivity index (χ2v) is 3.58. The zero-order valence-corrected chi connectivity index (χ0v) is 9.48. The Bertz CT molecular complexity index is 339. The quantitative estimate of drug-likeness (QED) is 0.722. The molecule has 0 amide bonds. The number of nitrogens with zero attached hydrogens (tertiary/aromatic N) is 1. The van der Waals surface area contributed by atoms with E-state index in [0.717, 1.165) is 12.8 Å². The molecule has 16 heavy (non-hydrogen) atoms. The summed E-state index contributed by atoms with van der Waals surface area (Å²) in [4.78, 5) is 14.5. The van der Waals surface area contributed by atoms with E-state index in [1.165, 1.54) is 18.9 Å². The molecule has 4 heteroatoms. The number of aromatic nitrogens is 1. The fourth-order valence-corrected chi connectivity index (χ4v) is 1.32. The summed E-state index contributed by atoms with van der Waals surface area (Å²) >= 11 is 0. The third kappa shape index (κ3) is 4.29. The Labute approximate surface area is 95.3 Å². The number of ether oxygens (including phenoxy) is 1. The molecule has 0 aromatic carbocycles. The smallest absolute Gasteiger partial charge is 0.354 e. The zero-order chi connectivity index (χ0) is 11.8. The molecule has 0 spiro atoms. The Morgan fingerprint density at radius 1 is 1.38 bits per heavy atom. The highest BCUT2D eigenvalue weighted by Gasteiger charge is 2.05.